The molecule has 0 unspecified atom stereocenters. The molecule has 0 aliphatic carbocycles. The van der Waals surface area contributed by atoms with Crippen molar-refractivity contribution in [2.75, 3.05) is 5.32 Å². The Morgan fingerprint density at radius 2 is 2.17 bits per heavy atom. The van der Waals surface area contributed by atoms with E-state index in [0.29, 0.717) is 11.5 Å². The third-order valence-corrected chi connectivity index (χ3v) is 3.25. The van der Waals surface area contributed by atoms with Gasteiger partial charge in [-0.05, 0) is 12.1 Å². The first-order valence-electron chi connectivity index (χ1n) is 4.98. The van der Waals surface area contributed by atoms with Crippen molar-refractivity contribution in [3.05, 3.63) is 30.5 Å². The van der Waals surface area contributed by atoms with Gasteiger partial charge >= 0.3 is 0 Å². The Labute approximate surface area is 113 Å². The normalized spacial score (nSPS) is 10.0. The number of carbonyl (C=O) groups excluding carboxylic acids is 1. The first-order valence-corrected chi connectivity index (χ1v) is 5.79. The summed E-state index contributed by atoms with van der Waals surface area (Å²) in [5.74, 6) is 0.766. The second-order valence-corrected chi connectivity index (χ2v) is 4.43. The van der Waals surface area contributed by atoms with Gasteiger partial charge < -0.3 is 10.3 Å². The highest BCUT2D eigenvalue weighted by molar-refractivity contribution is 7.18. The number of anilines is 1. The van der Waals surface area contributed by atoms with Gasteiger partial charge in [0.05, 0.1) is 22.1 Å². The van der Waals surface area contributed by atoms with Gasteiger partial charge in [-0.15, -0.1) is 12.4 Å². The Hall–Kier alpha value is -1.92. The topological polar surface area (TPSA) is 70.7 Å². The molecule has 1 aromatic carbocycles. The first-order chi connectivity index (χ1) is 8.36. The van der Waals surface area contributed by atoms with E-state index < -0.39 is 0 Å². The molecule has 3 rings (SSSR count). The van der Waals surface area contributed by atoms with E-state index in [9.17, 15) is 4.79 Å². The van der Waals surface area contributed by atoms with Crippen molar-refractivity contribution in [2.45, 2.75) is 0 Å². The number of carbonyl (C=O) groups is 1. The number of aromatic nitrogens is 3. The van der Waals surface area contributed by atoms with Crippen molar-refractivity contribution >= 4 is 46.3 Å². The fraction of sp³-hybridized carbons (Fsp3) is 0. The standard InChI is InChI=1S/C11H8N4OS.ClH/c16-6-13-11-12-5-9(17-11)10-14-7-3-1-2-4-8(7)15-10;/h1-6H,(H,14,15)(H,12,13,16);1H. The Morgan fingerprint density at radius 3 is 2.94 bits per heavy atom. The summed E-state index contributed by atoms with van der Waals surface area (Å²) in [6.45, 7) is 0. The lowest BCUT2D eigenvalue weighted by Crippen LogP contribution is -1.90. The van der Waals surface area contributed by atoms with Gasteiger partial charge in [0.1, 0.15) is 5.82 Å². The maximum atomic E-state index is 10.3. The Bertz CT molecular complexity index is 645. The van der Waals surface area contributed by atoms with Gasteiger partial charge in [-0.25, -0.2) is 9.97 Å². The molecular formula is C11H9ClN4OS. The molecule has 0 saturated carbocycles. The van der Waals surface area contributed by atoms with E-state index in [1.165, 1.54) is 11.3 Å². The number of fused-ring (bicyclic) bond motifs is 1. The number of thiazole rings is 1. The first kappa shape index (κ1) is 12.5. The predicted octanol–water partition coefficient (Wildman–Crippen LogP) is 2.68. The molecule has 0 atom stereocenters. The van der Waals surface area contributed by atoms with Crippen LogP contribution in [0.4, 0.5) is 5.13 Å². The molecule has 0 spiro atoms. The van der Waals surface area contributed by atoms with Crippen molar-refractivity contribution in [3.63, 3.8) is 0 Å². The van der Waals surface area contributed by atoms with Crippen LogP contribution in [0, 0.1) is 0 Å². The zero-order valence-electron chi connectivity index (χ0n) is 9.08. The molecule has 18 heavy (non-hydrogen) atoms. The largest absolute Gasteiger partial charge is 0.337 e. The molecule has 0 aliphatic heterocycles. The molecular weight excluding hydrogens is 272 g/mol. The van der Waals surface area contributed by atoms with E-state index in [4.69, 9.17) is 0 Å². The maximum Gasteiger partial charge on any atom is 0.213 e. The number of nitrogens with zero attached hydrogens (tertiary/aromatic N) is 2. The zero-order valence-corrected chi connectivity index (χ0v) is 10.7. The monoisotopic (exact) mass is 280 g/mol. The molecule has 1 amide bonds. The molecule has 2 aromatic heterocycles. The van der Waals surface area contributed by atoms with Gasteiger partial charge in [0.2, 0.25) is 6.41 Å². The van der Waals surface area contributed by atoms with Crippen molar-refractivity contribution in [1.29, 1.82) is 0 Å². The lowest BCUT2D eigenvalue weighted by atomic mass is 10.3. The number of hydrogen-bond acceptors (Lipinski definition) is 4. The van der Waals surface area contributed by atoms with Crippen LogP contribution >= 0.6 is 23.7 Å². The van der Waals surface area contributed by atoms with Crippen molar-refractivity contribution in [3.8, 4) is 10.7 Å². The summed E-state index contributed by atoms with van der Waals surface area (Å²) in [5.41, 5.74) is 1.90. The summed E-state index contributed by atoms with van der Waals surface area (Å²) >= 11 is 1.38. The molecule has 7 heteroatoms. The summed E-state index contributed by atoms with van der Waals surface area (Å²) in [6, 6.07) is 7.81. The van der Waals surface area contributed by atoms with Crippen molar-refractivity contribution in [1.82, 2.24) is 15.0 Å². The number of para-hydroxylation sites is 2. The highest BCUT2D eigenvalue weighted by atomic mass is 35.5. The number of halogens is 1. The fourth-order valence-corrected chi connectivity index (χ4v) is 2.29. The second kappa shape index (κ2) is 5.16. The minimum absolute atomic E-state index is 0. The van der Waals surface area contributed by atoms with E-state index in [2.05, 4.69) is 20.3 Å². The van der Waals surface area contributed by atoms with Crippen LogP contribution in [0.2, 0.25) is 0 Å². The van der Waals surface area contributed by atoms with Crippen LogP contribution in [-0.4, -0.2) is 21.4 Å². The third kappa shape index (κ3) is 2.20. The number of hydrogen-bond donors (Lipinski definition) is 2. The van der Waals surface area contributed by atoms with Gasteiger partial charge in [-0.2, -0.15) is 0 Å². The summed E-state index contributed by atoms with van der Waals surface area (Å²) in [7, 11) is 0. The summed E-state index contributed by atoms with van der Waals surface area (Å²) < 4.78 is 0. The lowest BCUT2D eigenvalue weighted by Gasteiger charge is -1.87. The number of rotatable bonds is 3. The average Bonchev–Trinajstić information content (AvgIpc) is 2.94. The molecule has 0 radical (unpaired) electrons. The van der Waals surface area contributed by atoms with Gasteiger partial charge in [-0.3, -0.25) is 4.79 Å². The van der Waals surface area contributed by atoms with Crippen LogP contribution in [0.1, 0.15) is 0 Å². The SMILES string of the molecule is Cl.O=CNc1ncc(-c2nc3ccccc3[nH]2)s1. The highest BCUT2D eigenvalue weighted by Gasteiger charge is 2.08. The average molecular weight is 281 g/mol. The van der Waals surface area contributed by atoms with Gasteiger partial charge in [-0.1, -0.05) is 23.5 Å². The maximum absolute atomic E-state index is 10.3. The molecule has 0 aliphatic rings. The number of benzene rings is 1. The fourth-order valence-electron chi connectivity index (χ4n) is 1.57. The van der Waals surface area contributed by atoms with Crippen molar-refractivity contribution < 1.29 is 4.79 Å². The number of nitrogens with one attached hydrogen (secondary N) is 2. The quantitative estimate of drug-likeness (QED) is 0.725. The Kier molecular flexibility index (Phi) is 3.59. The van der Waals surface area contributed by atoms with Gasteiger partial charge in [0.15, 0.2) is 5.13 Å². The number of imidazole rings is 1. The smallest absolute Gasteiger partial charge is 0.213 e. The van der Waals surface area contributed by atoms with Crippen LogP contribution in [0.3, 0.4) is 0 Å². The molecule has 5 nitrogen and oxygen atoms in total. The van der Waals surface area contributed by atoms with Crippen molar-refractivity contribution in [2.24, 2.45) is 0 Å². The van der Waals surface area contributed by atoms with Crippen LogP contribution in [0.15, 0.2) is 30.5 Å². The zero-order chi connectivity index (χ0) is 11.7. The molecule has 3 aromatic rings. The van der Waals surface area contributed by atoms with Gasteiger partial charge in [0.25, 0.3) is 0 Å². The van der Waals surface area contributed by atoms with Crippen LogP contribution in [-0.2, 0) is 4.79 Å². The molecule has 0 saturated heterocycles. The molecule has 2 N–H and O–H groups in total. The van der Waals surface area contributed by atoms with Crippen LogP contribution in [0.5, 0.6) is 0 Å². The Morgan fingerprint density at radius 1 is 1.33 bits per heavy atom. The number of H-pyrrole nitrogens is 1. The lowest BCUT2D eigenvalue weighted by molar-refractivity contribution is -0.105. The van der Waals surface area contributed by atoms with Crippen LogP contribution < -0.4 is 5.32 Å². The Balaban J connectivity index is 0.00000120. The van der Waals surface area contributed by atoms with E-state index in [0.717, 1.165) is 21.7 Å². The molecule has 92 valence electrons. The van der Waals surface area contributed by atoms with E-state index in [-0.39, 0.29) is 12.4 Å². The minimum Gasteiger partial charge on any atom is -0.337 e. The van der Waals surface area contributed by atoms with E-state index >= 15 is 0 Å². The predicted molar refractivity (Wildman–Crippen MR) is 74.1 cm³/mol. The third-order valence-electron chi connectivity index (χ3n) is 2.31. The van der Waals surface area contributed by atoms with E-state index in [1.54, 1.807) is 6.20 Å². The summed E-state index contributed by atoms with van der Waals surface area (Å²) in [6.07, 6.45) is 2.30. The molecule has 0 bridgehead atoms. The minimum atomic E-state index is 0. The number of amides is 1. The number of aromatic amines is 1. The van der Waals surface area contributed by atoms with Gasteiger partial charge in [0, 0.05) is 0 Å². The summed E-state index contributed by atoms with van der Waals surface area (Å²) in [5, 5.41) is 3.08. The molecule has 2 heterocycles. The second-order valence-electron chi connectivity index (χ2n) is 3.39. The summed E-state index contributed by atoms with van der Waals surface area (Å²) in [4.78, 5) is 22.9. The van der Waals surface area contributed by atoms with Crippen LogP contribution in [0.25, 0.3) is 21.7 Å². The molecule has 0 fully saturated rings. The van der Waals surface area contributed by atoms with E-state index in [1.807, 2.05) is 24.3 Å². The highest BCUT2D eigenvalue weighted by Crippen LogP contribution is 2.27.